The second-order valence-electron chi connectivity index (χ2n) is 6.54. The molecule has 160 valence electrons. The molecule has 0 aliphatic heterocycles. The summed E-state index contributed by atoms with van der Waals surface area (Å²) in [6, 6.07) is 14.7. The molecule has 0 saturated heterocycles. The van der Waals surface area contributed by atoms with Gasteiger partial charge in [-0.25, -0.2) is 5.48 Å². The fourth-order valence-electron chi connectivity index (χ4n) is 2.54. The molecular formula is C22H30F2N2O2S. The van der Waals surface area contributed by atoms with E-state index in [0.717, 1.165) is 24.1 Å². The Labute approximate surface area is 176 Å². The molecule has 0 radical (unpaired) electrons. The number of hydrogen-bond donors (Lipinski definition) is 2. The minimum absolute atomic E-state index is 0.0294. The molecule has 0 heterocycles. The summed E-state index contributed by atoms with van der Waals surface area (Å²) in [4.78, 5) is 13.1. The molecule has 0 amide bonds. The first-order chi connectivity index (χ1) is 13.9. The van der Waals surface area contributed by atoms with Crippen molar-refractivity contribution in [1.29, 1.82) is 0 Å². The maximum atomic E-state index is 14.3. The molecule has 2 aromatic rings. The molecule has 0 aliphatic carbocycles. The van der Waals surface area contributed by atoms with E-state index in [1.807, 2.05) is 39.7 Å². The highest BCUT2D eigenvalue weighted by Gasteiger charge is 2.31. The molecule has 0 aliphatic rings. The van der Waals surface area contributed by atoms with Gasteiger partial charge in [-0.05, 0) is 30.0 Å². The van der Waals surface area contributed by atoms with Crippen LogP contribution < -0.4 is 10.2 Å². The Balaban J connectivity index is 0.00000204. The van der Waals surface area contributed by atoms with Crippen molar-refractivity contribution in [3.63, 3.8) is 0 Å². The Hall–Kier alpha value is -1.80. The molecule has 2 N–H and O–H groups in total. The number of hydrogen-bond acceptors (Lipinski definition) is 5. The summed E-state index contributed by atoms with van der Waals surface area (Å²) in [7, 11) is 0. The predicted octanol–water partition coefficient (Wildman–Crippen LogP) is 4.99. The van der Waals surface area contributed by atoms with Gasteiger partial charge in [-0.2, -0.15) is 8.78 Å². The van der Waals surface area contributed by atoms with Crippen molar-refractivity contribution in [2.24, 2.45) is 0 Å². The quantitative estimate of drug-likeness (QED) is 0.302. The van der Waals surface area contributed by atoms with E-state index in [1.54, 1.807) is 12.1 Å². The molecule has 0 saturated carbocycles. The van der Waals surface area contributed by atoms with Gasteiger partial charge in [0.2, 0.25) is 0 Å². The van der Waals surface area contributed by atoms with Gasteiger partial charge < -0.3 is 9.63 Å². The van der Waals surface area contributed by atoms with Crippen molar-refractivity contribution < 1.29 is 18.4 Å². The van der Waals surface area contributed by atoms with Crippen LogP contribution in [0.25, 0.3) is 11.1 Å². The molecule has 2 rings (SSSR count). The van der Waals surface area contributed by atoms with Crippen LogP contribution in [0, 0.1) is 0 Å². The largest absolute Gasteiger partial charge is 0.307 e. The molecule has 0 aromatic heterocycles. The predicted molar refractivity (Wildman–Crippen MR) is 117 cm³/mol. The second kappa shape index (κ2) is 13.4. The number of hydroxylamine groups is 1. The molecule has 2 aromatic carbocycles. The third kappa shape index (κ3) is 9.04. The van der Waals surface area contributed by atoms with Crippen molar-refractivity contribution in [1.82, 2.24) is 10.2 Å². The zero-order valence-corrected chi connectivity index (χ0v) is 18.0. The lowest BCUT2D eigenvalue weighted by Crippen LogP contribution is -2.27. The lowest BCUT2D eigenvalue weighted by Gasteiger charge is -2.18. The fourth-order valence-corrected chi connectivity index (χ4v) is 3.14. The Morgan fingerprint density at radius 3 is 2.10 bits per heavy atom. The highest BCUT2D eigenvalue weighted by atomic mass is 32.2. The third-order valence-electron chi connectivity index (χ3n) is 3.97. The van der Waals surface area contributed by atoms with E-state index in [-0.39, 0.29) is 17.4 Å². The number of alkyl halides is 2. The number of carbonyl (C=O) groups is 1. The summed E-state index contributed by atoms with van der Waals surface area (Å²) in [6.07, 6.45) is 0.868. The van der Waals surface area contributed by atoms with Gasteiger partial charge in [0.15, 0.2) is 0 Å². The van der Waals surface area contributed by atoms with Gasteiger partial charge >= 0.3 is 0 Å². The Morgan fingerprint density at radius 1 is 1.03 bits per heavy atom. The van der Waals surface area contributed by atoms with Crippen LogP contribution in [-0.2, 0) is 22.0 Å². The number of halogens is 2. The number of rotatable bonds is 11. The zero-order chi connectivity index (χ0) is 21.7. The molecule has 0 bridgehead atoms. The van der Waals surface area contributed by atoms with Crippen molar-refractivity contribution in [2.75, 3.05) is 19.7 Å². The Bertz CT molecular complexity index is 695. The highest BCUT2D eigenvalue weighted by molar-refractivity contribution is 7.97. The number of benzene rings is 2. The molecule has 4 nitrogen and oxygen atoms in total. The molecule has 0 atom stereocenters. The third-order valence-corrected chi connectivity index (χ3v) is 4.75. The highest BCUT2D eigenvalue weighted by Crippen LogP contribution is 2.30. The standard InChI is InChI=1S/C21H28F2N2OS.CH2O/c1-4-26-24-14-13-17-5-7-18(8-6-17)19-9-11-20(12-10-19)21(22,23)15-25-27-16(2)3;1-2/h5-12,16,24-25H,4,13-15H2,1-3H3;1H2. The van der Waals surface area contributed by atoms with Gasteiger partial charge in [0.1, 0.15) is 6.79 Å². The summed E-state index contributed by atoms with van der Waals surface area (Å²) in [6.45, 7) is 8.88. The summed E-state index contributed by atoms with van der Waals surface area (Å²) >= 11 is 1.32. The maximum absolute atomic E-state index is 14.3. The molecular weight excluding hydrogens is 394 g/mol. The SMILES string of the molecule is C=O.CCONCCc1ccc(-c2ccc(C(F)(F)CNSC(C)C)cc2)cc1. The molecule has 0 fully saturated rings. The second-order valence-corrected chi connectivity index (χ2v) is 8.01. The lowest BCUT2D eigenvalue weighted by atomic mass is 10.00. The Morgan fingerprint density at radius 2 is 1.59 bits per heavy atom. The first-order valence-electron chi connectivity index (χ1n) is 9.52. The van der Waals surface area contributed by atoms with Crippen molar-refractivity contribution in [3.8, 4) is 11.1 Å². The average molecular weight is 425 g/mol. The minimum Gasteiger partial charge on any atom is -0.307 e. The van der Waals surface area contributed by atoms with Gasteiger partial charge in [0.05, 0.1) is 13.2 Å². The van der Waals surface area contributed by atoms with Crippen LogP contribution in [0.3, 0.4) is 0 Å². The van der Waals surface area contributed by atoms with Crippen LogP contribution >= 0.6 is 11.9 Å². The van der Waals surface area contributed by atoms with Gasteiger partial charge in [-0.1, -0.05) is 74.3 Å². The van der Waals surface area contributed by atoms with Crippen molar-refractivity contribution in [3.05, 3.63) is 59.7 Å². The van der Waals surface area contributed by atoms with E-state index in [4.69, 9.17) is 9.63 Å². The molecule has 0 spiro atoms. The van der Waals surface area contributed by atoms with Crippen molar-refractivity contribution >= 4 is 18.7 Å². The van der Waals surface area contributed by atoms with Crippen LogP contribution in [0.5, 0.6) is 0 Å². The van der Waals surface area contributed by atoms with Gasteiger partial charge in [-0.15, -0.1) is 0 Å². The molecule has 7 heteroatoms. The van der Waals surface area contributed by atoms with Crippen molar-refractivity contribution in [2.45, 2.75) is 38.4 Å². The van der Waals surface area contributed by atoms with Crippen LogP contribution in [0.1, 0.15) is 31.9 Å². The van der Waals surface area contributed by atoms with Gasteiger partial charge in [0.25, 0.3) is 5.92 Å². The van der Waals surface area contributed by atoms with Gasteiger partial charge in [0, 0.05) is 17.4 Å². The number of carbonyl (C=O) groups excluding carboxylic acids is 1. The van der Waals surface area contributed by atoms with Crippen LogP contribution in [0.4, 0.5) is 8.78 Å². The summed E-state index contributed by atoms with van der Waals surface area (Å²) in [5.41, 5.74) is 6.06. The molecule has 0 unspecified atom stereocenters. The van der Waals surface area contributed by atoms with E-state index >= 15 is 0 Å². The van der Waals surface area contributed by atoms with E-state index in [0.29, 0.717) is 6.61 Å². The Kier molecular flexibility index (Phi) is 11.7. The van der Waals surface area contributed by atoms with E-state index in [2.05, 4.69) is 22.3 Å². The first kappa shape index (κ1) is 25.2. The lowest BCUT2D eigenvalue weighted by molar-refractivity contribution is -0.0980. The van der Waals surface area contributed by atoms with E-state index in [9.17, 15) is 8.78 Å². The summed E-state index contributed by atoms with van der Waals surface area (Å²) < 4.78 is 31.3. The van der Waals surface area contributed by atoms with E-state index < -0.39 is 5.92 Å². The normalized spacial score (nSPS) is 11.2. The monoisotopic (exact) mass is 424 g/mol. The zero-order valence-electron chi connectivity index (χ0n) is 17.2. The average Bonchev–Trinajstić information content (AvgIpc) is 2.73. The topological polar surface area (TPSA) is 50.4 Å². The van der Waals surface area contributed by atoms with Crippen LogP contribution in [0.15, 0.2) is 48.5 Å². The smallest absolute Gasteiger partial charge is 0.286 e. The molecule has 29 heavy (non-hydrogen) atoms. The number of nitrogens with one attached hydrogen (secondary N) is 2. The first-order valence-corrected chi connectivity index (χ1v) is 10.4. The van der Waals surface area contributed by atoms with Gasteiger partial charge in [-0.3, -0.25) is 4.72 Å². The minimum atomic E-state index is -2.89. The summed E-state index contributed by atoms with van der Waals surface area (Å²) in [5.74, 6) is -2.89. The fraction of sp³-hybridized carbons (Fsp3) is 0.409. The van der Waals surface area contributed by atoms with Crippen LogP contribution in [-0.4, -0.2) is 31.7 Å². The summed E-state index contributed by atoms with van der Waals surface area (Å²) in [5, 5.41) is 0.265. The maximum Gasteiger partial charge on any atom is 0.286 e. The van der Waals surface area contributed by atoms with Crippen LogP contribution in [0.2, 0.25) is 0 Å². The van der Waals surface area contributed by atoms with E-state index in [1.165, 1.54) is 29.6 Å².